The van der Waals surface area contributed by atoms with Gasteiger partial charge < -0.3 is 4.74 Å². The molecular formula is C24H22N6O. The van der Waals surface area contributed by atoms with Gasteiger partial charge in [-0.15, -0.1) is 5.10 Å². The third-order valence-electron chi connectivity index (χ3n) is 6.04. The molecule has 7 nitrogen and oxygen atoms in total. The van der Waals surface area contributed by atoms with Crippen molar-refractivity contribution < 1.29 is 4.74 Å². The van der Waals surface area contributed by atoms with Gasteiger partial charge >= 0.3 is 0 Å². The van der Waals surface area contributed by atoms with E-state index in [1.165, 1.54) is 5.56 Å². The third-order valence-corrected chi connectivity index (χ3v) is 6.04. The summed E-state index contributed by atoms with van der Waals surface area (Å²) in [5, 5.41) is 8.49. The first kappa shape index (κ1) is 18.1. The zero-order chi connectivity index (χ0) is 21.2. The van der Waals surface area contributed by atoms with Gasteiger partial charge in [-0.1, -0.05) is 41.6 Å². The van der Waals surface area contributed by atoms with Gasteiger partial charge in [0.05, 0.1) is 29.0 Å². The maximum absolute atomic E-state index is 6.38. The molecule has 4 aromatic rings. The molecule has 1 atom stereocenters. The number of aromatic nitrogens is 5. The van der Waals surface area contributed by atoms with Crippen molar-refractivity contribution in [2.24, 2.45) is 4.99 Å². The maximum Gasteiger partial charge on any atom is 0.238 e. The highest BCUT2D eigenvalue weighted by atomic mass is 16.5. The van der Waals surface area contributed by atoms with Crippen molar-refractivity contribution in [3.63, 3.8) is 0 Å². The van der Waals surface area contributed by atoms with E-state index in [9.17, 15) is 0 Å². The largest absolute Gasteiger partial charge is 0.468 e. The van der Waals surface area contributed by atoms with Gasteiger partial charge in [0, 0.05) is 6.42 Å². The Kier molecular flexibility index (Phi) is 3.72. The smallest absolute Gasteiger partial charge is 0.238 e. The van der Waals surface area contributed by atoms with Crippen LogP contribution in [0.4, 0.5) is 0 Å². The molecule has 7 heteroatoms. The normalized spacial score (nSPS) is 18.4. The summed E-state index contributed by atoms with van der Waals surface area (Å²) in [5.41, 5.74) is 6.65. The van der Waals surface area contributed by atoms with E-state index >= 15 is 0 Å². The zero-order valence-electron chi connectivity index (χ0n) is 17.6. The van der Waals surface area contributed by atoms with Crippen LogP contribution in [0.2, 0.25) is 0 Å². The Balaban J connectivity index is 1.51. The van der Waals surface area contributed by atoms with Crippen LogP contribution in [-0.4, -0.2) is 36.0 Å². The summed E-state index contributed by atoms with van der Waals surface area (Å²) >= 11 is 0. The van der Waals surface area contributed by atoms with Gasteiger partial charge in [-0.25, -0.2) is 14.7 Å². The van der Waals surface area contributed by atoms with Crippen LogP contribution >= 0.6 is 0 Å². The molecule has 0 bridgehead atoms. The highest BCUT2D eigenvalue weighted by molar-refractivity contribution is 5.95. The summed E-state index contributed by atoms with van der Waals surface area (Å²) in [4.78, 5) is 9.74. The van der Waals surface area contributed by atoms with Crippen LogP contribution in [0.25, 0.3) is 11.4 Å². The molecule has 0 saturated carbocycles. The lowest BCUT2D eigenvalue weighted by molar-refractivity contribution is 0.0970. The quantitative estimate of drug-likeness (QED) is 0.442. The fraction of sp³-hybridized carbons (Fsp3) is 0.250. The molecular weight excluding hydrogens is 388 g/mol. The first-order chi connectivity index (χ1) is 15.0. The molecule has 2 aliphatic heterocycles. The molecule has 2 aromatic heterocycles. The lowest BCUT2D eigenvalue weighted by atomic mass is 9.93. The molecule has 0 radical (unpaired) electrons. The standard InChI is InChI=1S/C24H22N6O/c1-15-9-10-18-19(11-15)30-17(13-26-28-30)12-20-21(25-14-29(18)20)23-27-22(24(2,3)31-23)16-7-5-4-6-8-16/h4-11,13-14,22H,12H2,1-3H3/t22-/m0/s1. The Morgan fingerprint density at radius 2 is 1.90 bits per heavy atom. The SMILES string of the molecule is Cc1ccc2c(c1)-n1nncc1Cc1c(C3=N[C@@H](c4ccccc4)C(C)(C)O3)ncn1-2. The second-order valence-corrected chi connectivity index (χ2v) is 8.67. The maximum atomic E-state index is 6.38. The lowest BCUT2D eigenvalue weighted by Crippen LogP contribution is -2.28. The molecule has 6 rings (SSSR count). The van der Waals surface area contributed by atoms with Crippen molar-refractivity contribution in [3.8, 4) is 11.4 Å². The van der Waals surface area contributed by atoms with Gasteiger partial charge in [0.25, 0.3) is 0 Å². The highest BCUT2D eigenvalue weighted by Gasteiger charge is 2.41. The topological polar surface area (TPSA) is 70.1 Å². The van der Waals surface area contributed by atoms with E-state index in [2.05, 4.69) is 66.0 Å². The van der Waals surface area contributed by atoms with Crippen molar-refractivity contribution in [2.75, 3.05) is 0 Å². The first-order valence-corrected chi connectivity index (χ1v) is 10.4. The van der Waals surface area contributed by atoms with Crippen LogP contribution < -0.4 is 0 Å². The Morgan fingerprint density at radius 3 is 2.74 bits per heavy atom. The van der Waals surface area contributed by atoms with E-state index in [0.717, 1.165) is 34.0 Å². The number of ether oxygens (including phenoxy) is 1. The van der Waals surface area contributed by atoms with Crippen molar-refractivity contribution in [1.29, 1.82) is 0 Å². The fourth-order valence-corrected chi connectivity index (χ4v) is 4.51. The van der Waals surface area contributed by atoms with Gasteiger partial charge in [-0.05, 0) is 44.0 Å². The van der Waals surface area contributed by atoms with Crippen LogP contribution in [-0.2, 0) is 11.2 Å². The minimum atomic E-state index is -0.462. The average Bonchev–Trinajstić information content (AvgIpc) is 3.44. The van der Waals surface area contributed by atoms with Gasteiger partial charge in [0.15, 0.2) is 0 Å². The molecule has 0 saturated heterocycles. The average molecular weight is 410 g/mol. The van der Waals surface area contributed by atoms with Crippen molar-refractivity contribution >= 4 is 5.90 Å². The monoisotopic (exact) mass is 410 g/mol. The molecule has 2 aliphatic rings. The number of fused-ring (bicyclic) bond motifs is 5. The van der Waals surface area contributed by atoms with E-state index in [1.54, 1.807) is 0 Å². The van der Waals surface area contributed by atoms with Crippen LogP contribution in [0, 0.1) is 6.92 Å². The zero-order valence-corrected chi connectivity index (χ0v) is 17.6. The molecule has 31 heavy (non-hydrogen) atoms. The summed E-state index contributed by atoms with van der Waals surface area (Å²) in [6, 6.07) is 16.5. The van der Waals surface area contributed by atoms with Crippen molar-refractivity contribution in [2.45, 2.75) is 38.8 Å². The van der Waals surface area contributed by atoms with Crippen LogP contribution in [0.15, 0.2) is 66.0 Å². The van der Waals surface area contributed by atoms with Gasteiger partial charge in [-0.3, -0.25) is 4.57 Å². The van der Waals surface area contributed by atoms with E-state index in [4.69, 9.17) is 14.7 Å². The minimum Gasteiger partial charge on any atom is -0.468 e. The van der Waals surface area contributed by atoms with Crippen LogP contribution in [0.3, 0.4) is 0 Å². The first-order valence-electron chi connectivity index (χ1n) is 10.4. The Labute approximate surface area is 180 Å². The molecule has 154 valence electrons. The van der Waals surface area contributed by atoms with Gasteiger partial charge in [0.1, 0.15) is 23.7 Å². The molecule has 0 N–H and O–H groups in total. The number of rotatable bonds is 2. The number of aliphatic imine (C=N–C) groups is 1. The van der Waals surface area contributed by atoms with E-state index in [-0.39, 0.29) is 6.04 Å². The van der Waals surface area contributed by atoms with Crippen molar-refractivity contribution in [1.82, 2.24) is 24.5 Å². The number of hydrogen-bond donors (Lipinski definition) is 0. The molecule has 0 aliphatic carbocycles. The molecule has 4 heterocycles. The molecule has 0 spiro atoms. The van der Waals surface area contributed by atoms with Crippen LogP contribution in [0.5, 0.6) is 0 Å². The minimum absolute atomic E-state index is 0.0889. The van der Waals surface area contributed by atoms with E-state index < -0.39 is 5.60 Å². The second-order valence-electron chi connectivity index (χ2n) is 8.67. The Morgan fingerprint density at radius 1 is 1.06 bits per heavy atom. The Bertz CT molecular complexity index is 1330. The molecule has 0 amide bonds. The second kappa shape index (κ2) is 6.38. The van der Waals surface area contributed by atoms with Crippen molar-refractivity contribution in [3.05, 3.63) is 89.3 Å². The summed E-state index contributed by atoms with van der Waals surface area (Å²) in [7, 11) is 0. The summed E-state index contributed by atoms with van der Waals surface area (Å²) in [5.74, 6) is 0.585. The van der Waals surface area contributed by atoms with Gasteiger partial charge in [-0.2, -0.15) is 0 Å². The van der Waals surface area contributed by atoms with E-state index in [0.29, 0.717) is 12.3 Å². The predicted molar refractivity (Wildman–Crippen MR) is 117 cm³/mol. The number of aryl methyl sites for hydroxylation is 1. The number of nitrogens with zero attached hydrogens (tertiary/aromatic N) is 6. The highest BCUT2D eigenvalue weighted by Crippen LogP contribution is 2.40. The summed E-state index contributed by atoms with van der Waals surface area (Å²) in [6.07, 6.45) is 4.30. The Hall–Kier alpha value is -3.74. The van der Waals surface area contributed by atoms with Gasteiger partial charge in [0.2, 0.25) is 5.90 Å². The fourth-order valence-electron chi connectivity index (χ4n) is 4.51. The lowest BCUT2D eigenvalue weighted by Gasteiger charge is -2.25. The van der Waals surface area contributed by atoms with Crippen LogP contribution in [0.1, 0.15) is 48.1 Å². The molecule has 2 aromatic carbocycles. The summed E-state index contributed by atoms with van der Waals surface area (Å²) in [6.45, 7) is 6.23. The third kappa shape index (κ3) is 2.73. The predicted octanol–water partition coefficient (Wildman–Crippen LogP) is 3.96. The molecule has 0 fully saturated rings. The summed E-state index contributed by atoms with van der Waals surface area (Å²) < 4.78 is 10.4. The van der Waals surface area contributed by atoms with E-state index in [1.807, 2.05) is 35.4 Å². The number of imidazole rings is 1. The number of hydrogen-bond acceptors (Lipinski definition) is 5. The number of benzene rings is 2. The molecule has 0 unspecified atom stereocenters.